The van der Waals surface area contributed by atoms with Gasteiger partial charge in [-0.05, 0) is 62.2 Å². The Kier molecular flexibility index (Phi) is 6.81. The molecule has 7 nitrogen and oxygen atoms in total. The van der Waals surface area contributed by atoms with E-state index in [4.69, 9.17) is 0 Å². The number of nitrogens with zero attached hydrogens (tertiary/aromatic N) is 2. The first-order valence-corrected chi connectivity index (χ1v) is 14.5. The van der Waals surface area contributed by atoms with E-state index in [9.17, 15) is 22.7 Å². The number of para-hydroxylation sites is 1. The third-order valence-corrected chi connectivity index (χ3v) is 9.10. The Balaban J connectivity index is 1.41. The number of hydrogen-bond acceptors (Lipinski definition) is 5. The van der Waals surface area contributed by atoms with Gasteiger partial charge in [0.25, 0.3) is 5.91 Å². The number of halogens is 1. The molecule has 9 heteroatoms. The van der Waals surface area contributed by atoms with E-state index in [1.165, 1.54) is 24.3 Å². The van der Waals surface area contributed by atoms with Crippen LogP contribution in [0.5, 0.6) is 0 Å². The van der Waals surface area contributed by atoms with Crippen molar-refractivity contribution in [2.75, 3.05) is 22.9 Å². The Morgan fingerprint density at radius 3 is 2.23 bits per heavy atom. The van der Waals surface area contributed by atoms with Gasteiger partial charge >= 0.3 is 0 Å². The maximum Gasteiger partial charge on any atom is 0.268 e. The summed E-state index contributed by atoms with van der Waals surface area (Å²) in [7, 11) is -3.77. The minimum Gasteiger partial charge on any atom is -0.372 e. The third kappa shape index (κ3) is 5.06. The van der Waals surface area contributed by atoms with Crippen LogP contribution in [0.1, 0.15) is 44.4 Å². The van der Waals surface area contributed by atoms with Gasteiger partial charge in [0.1, 0.15) is 6.17 Å². The smallest absolute Gasteiger partial charge is 0.268 e. The zero-order valence-corrected chi connectivity index (χ0v) is 23.4. The normalized spacial score (nSPS) is 23.4. The van der Waals surface area contributed by atoms with Gasteiger partial charge < -0.3 is 14.9 Å². The van der Waals surface area contributed by atoms with Gasteiger partial charge in [0, 0.05) is 35.8 Å². The Morgan fingerprint density at radius 2 is 1.64 bits per heavy atom. The number of amides is 1. The molecular weight excluding hydrogens is 517 g/mol. The second kappa shape index (κ2) is 9.73. The van der Waals surface area contributed by atoms with Crippen LogP contribution in [0.2, 0.25) is 0 Å². The fraction of sp³-hybridized carbons (Fsp3) is 0.367. The van der Waals surface area contributed by atoms with Gasteiger partial charge in [-0.25, -0.2) is 17.5 Å². The van der Waals surface area contributed by atoms with E-state index in [1.54, 1.807) is 43.9 Å². The summed E-state index contributed by atoms with van der Waals surface area (Å²) in [5, 5.41) is 11.9. The molecule has 3 atom stereocenters. The average molecular weight is 552 g/mol. The van der Waals surface area contributed by atoms with Gasteiger partial charge in [0.15, 0.2) is 5.60 Å². The van der Waals surface area contributed by atoms with Crippen LogP contribution in [0.25, 0.3) is 0 Å². The molecule has 5 rings (SSSR count). The Bertz CT molecular complexity index is 1480. The summed E-state index contributed by atoms with van der Waals surface area (Å²) in [5.74, 6) is -0.519. The molecule has 1 fully saturated rings. The number of anilines is 2. The first-order valence-electron chi connectivity index (χ1n) is 13.1. The van der Waals surface area contributed by atoms with Crippen molar-refractivity contribution < 1.29 is 22.7 Å². The summed E-state index contributed by atoms with van der Waals surface area (Å²) >= 11 is 0. The average Bonchev–Trinajstić information content (AvgIpc) is 3.33. The summed E-state index contributed by atoms with van der Waals surface area (Å²) in [4.78, 5) is 17.4. The first kappa shape index (κ1) is 27.3. The predicted octanol–water partition coefficient (Wildman–Crippen LogP) is 4.34. The molecule has 0 spiro atoms. The summed E-state index contributed by atoms with van der Waals surface area (Å²) in [6, 6.07) is 20.6. The minimum absolute atomic E-state index is 0.00926. The number of rotatable bonds is 6. The SMILES string of the molecule is C[C@@H]1CN(c2ccc(CN3C(=O)C(O)(c4ccc(S(=O)(=O)NC(C)(C)C)cc4)c4ccccc43)cc2)C[C@@H]1F. The number of hydrogen-bond donors (Lipinski definition) is 2. The lowest BCUT2D eigenvalue weighted by molar-refractivity contribution is -0.132. The fourth-order valence-corrected chi connectivity index (χ4v) is 6.76. The lowest BCUT2D eigenvalue weighted by Gasteiger charge is -2.25. The quantitative estimate of drug-likeness (QED) is 0.476. The van der Waals surface area contributed by atoms with Crippen LogP contribution in [0.15, 0.2) is 77.7 Å². The number of aliphatic hydroxyl groups is 1. The lowest BCUT2D eigenvalue weighted by atomic mass is 9.87. The van der Waals surface area contributed by atoms with Crippen LogP contribution >= 0.6 is 0 Å². The summed E-state index contributed by atoms with van der Waals surface area (Å²) in [6.07, 6.45) is -0.843. The van der Waals surface area contributed by atoms with Gasteiger partial charge in [-0.3, -0.25) is 4.79 Å². The van der Waals surface area contributed by atoms with E-state index in [0.717, 1.165) is 11.3 Å². The van der Waals surface area contributed by atoms with E-state index in [0.29, 0.717) is 24.3 Å². The number of nitrogens with one attached hydrogen (secondary N) is 1. The number of alkyl halides is 1. The van der Waals surface area contributed by atoms with Gasteiger partial charge in [-0.2, -0.15) is 0 Å². The molecule has 2 aliphatic rings. The summed E-state index contributed by atoms with van der Waals surface area (Å²) in [5.41, 5.74) is 0.506. The van der Waals surface area contributed by atoms with Crippen molar-refractivity contribution in [2.24, 2.45) is 5.92 Å². The van der Waals surface area contributed by atoms with Crippen molar-refractivity contribution in [1.29, 1.82) is 0 Å². The topological polar surface area (TPSA) is 90.0 Å². The van der Waals surface area contributed by atoms with Crippen molar-refractivity contribution in [2.45, 2.75) is 56.4 Å². The van der Waals surface area contributed by atoms with Crippen LogP contribution in [0, 0.1) is 5.92 Å². The monoisotopic (exact) mass is 551 g/mol. The molecule has 0 bridgehead atoms. The molecule has 0 radical (unpaired) electrons. The van der Waals surface area contributed by atoms with Crippen LogP contribution in [0.4, 0.5) is 15.8 Å². The molecule has 2 heterocycles. The van der Waals surface area contributed by atoms with E-state index >= 15 is 0 Å². The Labute approximate surface area is 229 Å². The number of sulfonamides is 1. The third-order valence-electron chi connectivity index (χ3n) is 7.33. The zero-order chi connectivity index (χ0) is 28.2. The zero-order valence-electron chi connectivity index (χ0n) is 22.6. The molecule has 206 valence electrons. The number of benzene rings is 3. The van der Waals surface area contributed by atoms with Gasteiger partial charge in [-0.1, -0.05) is 49.4 Å². The number of carbonyl (C=O) groups is 1. The molecule has 0 aromatic heterocycles. The van der Waals surface area contributed by atoms with Crippen molar-refractivity contribution in [3.05, 3.63) is 89.5 Å². The van der Waals surface area contributed by atoms with Gasteiger partial charge in [0.05, 0.1) is 17.1 Å². The van der Waals surface area contributed by atoms with Crippen molar-refractivity contribution in [1.82, 2.24) is 4.72 Å². The largest absolute Gasteiger partial charge is 0.372 e. The highest BCUT2D eigenvalue weighted by molar-refractivity contribution is 7.89. The van der Waals surface area contributed by atoms with Crippen molar-refractivity contribution >= 4 is 27.3 Å². The highest BCUT2D eigenvalue weighted by Gasteiger charge is 2.51. The molecule has 3 aromatic rings. The molecule has 39 heavy (non-hydrogen) atoms. The molecular formula is C30H34FN3O4S. The van der Waals surface area contributed by atoms with Gasteiger partial charge in [-0.15, -0.1) is 0 Å². The second-order valence-corrected chi connectivity index (χ2v) is 13.2. The molecule has 2 N–H and O–H groups in total. The number of carbonyl (C=O) groups excluding carboxylic acids is 1. The molecule has 3 aromatic carbocycles. The Morgan fingerprint density at radius 1 is 1.00 bits per heavy atom. The van der Waals surface area contributed by atoms with Crippen LogP contribution < -0.4 is 14.5 Å². The van der Waals surface area contributed by atoms with Crippen LogP contribution in [0.3, 0.4) is 0 Å². The second-order valence-electron chi connectivity index (χ2n) is 11.6. The van der Waals surface area contributed by atoms with Gasteiger partial charge in [0.2, 0.25) is 10.0 Å². The molecule has 0 aliphatic carbocycles. The van der Waals surface area contributed by atoms with Crippen LogP contribution in [-0.4, -0.2) is 44.2 Å². The first-order chi connectivity index (χ1) is 18.3. The highest BCUT2D eigenvalue weighted by atomic mass is 32.2. The molecule has 1 saturated heterocycles. The number of fused-ring (bicyclic) bond motifs is 1. The van der Waals surface area contributed by atoms with E-state index in [2.05, 4.69) is 4.72 Å². The standard InChI is InChI=1S/C30H34FN3O4S/c1-20-17-33(19-26(20)31)23-13-9-21(10-14-23)18-34-27-8-6-5-7-25(27)30(36,28(34)35)22-11-15-24(16-12-22)39(37,38)32-29(2,3)4/h5-16,20,26,32,36H,17-19H2,1-4H3/t20-,26+,30?/m1/s1. The lowest BCUT2D eigenvalue weighted by Crippen LogP contribution is -2.41. The summed E-state index contributed by atoms with van der Waals surface area (Å²) in [6.45, 7) is 8.45. The van der Waals surface area contributed by atoms with E-state index in [-0.39, 0.29) is 22.9 Å². The van der Waals surface area contributed by atoms with Crippen molar-refractivity contribution in [3.63, 3.8) is 0 Å². The van der Waals surface area contributed by atoms with E-state index < -0.39 is 33.2 Å². The van der Waals surface area contributed by atoms with Crippen molar-refractivity contribution in [3.8, 4) is 0 Å². The maximum absolute atomic E-state index is 14.0. The summed E-state index contributed by atoms with van der Waals surface area (Å²) < 4.78 is 42.1. The maximum atomic E-state index is 14.0. The highest BCUT2D eigenvalue weighted by Crippen LogP contribution is 2.45. The molecule has 2 aliphatic heterocycles. The Hall–Kier alpha value is -3.27. The van der Waals surface area contributed by atoms with Crippen LogP contribution in [-0.2, 0) is 27.0 Å². The minimum atomic E-state index is -3.77. The predicted molar refractivity (Wildman–Crippen MR) is 150 cm³/mol. The fourth-order valence-electron chi connectivity index (χ4n) is 5.34. The molecule has 0 saturated carbocycles. The van der Waals surface area contributed by atoms with E-state index in [1.807, 2.05) is 42.2 Å². The molecule has 1 amide bonds. The molecule has 1 unspecified atom stereocenters.